The first kappa shape index (κ1) is 16.3. The van der Waals surface area contributed by atoms with Crippen molar-refractivity contribution in [3.05, 3.63) is 48.2 Å². The van der Waals surface area contributed by atoms with E-state index < -0.39 is 5.82 Å². The van der Waals surface area contributed by atoms with E-state index in [-0.39, 0.29) is 24.1 Å². The highest BCUT2D eigenvalue weighted by Crippen LogP contribution is 2.33. The Hall–Kier alpha value is -2.54. The van der Waals surface area contributed by atoms with Gasteiger partial charge in [-0.3, -0.25) is 14.7 Å². The van der Waals surface area contributed by atoms with Gasteiger partial charge in [0, 0.05) is 24.9 Å². The third-order valence-electron chi connectivity index (χ3n) is 4.01. The van der Waals surface area contributed by atoms with Crippen molar-refractivity contribution < 1.29 is 13.9 Å². The predicted molar refractivity (Wildman–Crippen MR) is 86.1 cm³/mol. The van der Waals surface area contributed by atoms with Gasteiger partial charge < -0.3 is 10.5 Å². The monoisotopic (exact) mass is 330 g/mol. The number of hydrogen-bond donors (Lipinski definition) is 1. The molecule has 2 heterocycles. The van der Waals surface area contributed by atoms with Gasteiger partial charge in [-0.05, 0) is 31.5 Å². The maximum absolute atomic E-state index is 13.8. The van der Waals surface area contributed by atoms with E-state index in [1.807, 2.05) is 4.90 Å². The van der Waals surface area contributed by atoms with Crippen molar-refractivity contribution in [1.82, 2.24) is 14.9 Å². The van der Waals surface area contributed by atoms with E-state index >= 15 is 0 Å². The molecular formula is C17H19FN4O2. The predicted octanol–water partition coefficient (Wildman–Crippen LogP) is 2.07. The van der Waals surface area contributed by atoms with Crippen LogP contribution in [0.4, 0.5) is 4.39 Å². The van der Waals surface area contributed by atoms with Gasteiger partial charge >= 0.3 is 0 Å². The summed E-state index contributed by atoms with van der Waals surface area (Å²) in [6.45, 7) is 1.69. The molecule has 0 bridgehead atoms. The molecule has 0 saturated carbocycles. The molecule has 0 aliphatic carbocycles. The van der Waals surface area contributed by atoms with Crippen LogP contribution in [0.3, 0.4) is 0 Å². The lowest BCUT2D eigenvalue weighted by Gasteiger charge is -2.31. The van der Waals surface area contributed by atoms with Crippen LogP contribution in [-0.4, -0.2) is 40.4 Å². The van der Waals surface area contributed by atoms with Gasteiger partial charge in [-0.15, -0.1) is 0 Å². The number of benzene rings is 1. The van der Waals surface area contributed by atoms with Crippen LogP contribution in [0, 0.1) is 5.82 Å². The number of rotatable bonds is 5. The second-order valence-corrected chi connectivity index (χ2v) is 5.82. The molecule has 1 fully saturated rings. The largest absolute Gasteiger partial charge is 0.434 e. The molecule has 1 atom stereocenters. The molecule has 1 aromatic heterocycles. The molecule has 6 nitrogen and oxygen atoms in total. The summed E-state index contributed by atoms with van der Waals surface area (Å²) in [7, 11) is 0. The van der Waals surface area contributed by atoms with Gasteiger partial charge in [0.25, 0.3) is 0 Å². The molecule has 3 rings (SSSR count). The molecule has 2 N–H and O–H groups in total. The maximum Gasteiger partial charge on any atom is 0.241 e. The van der Waals surface area contributed by atoms with Crippen molar-refractivity contribution >= 4 is 5.91 Å². The Bertz CT molecular complexity index is 725. The molecule has 24 heavy (non-hydrogen) atoms. The van der Waals surface area contributed by atoms with E-state index in [2.05, 4.69) is 9.97 Å². The molecular weight excluding hydrogens is 311 g/mol. The number of amides is 1. The highest BCUT2D eigenvalue weighted by molar-refractivity contribution is 5.75. The summed E-state index contributed by atoms with van der Waals surface area (Å²) in [5.41, 5.74) is 5.96. The lowest BCUT2D eigenvalue weighted by Crippen LogP contribution is -2.40. The number of ether oxygens (including phenoxy) is 1. The molecule has 1 aromatic carbocycles. The van der Waals surface area contributed by atoms with Gasteiger partial charge in [0.1, 0.15) is 5.69 Å². The van der Waals surface area contributed by atoms with Crippen molar-refractivity contribution in [2.75, 3.05) is 19.6 Å². The minimum Gasteiger partial charge on any atom is -0.434 e. The van der Waals surface area contributed by atoms with Crippen molar-refractivity contribution in [2.45, 2.75) is 18.8 Å². The Morgan fingerprint density at radius 1 is 1.33 bits per heavy atom. The Labute approximate surface area is 139 Å². The Balaban J connectivity index is 1.81. The number of primary amides is 1. The third kappa shape index (κ3) is 3.86. The standard InChI is InChI=1S/C17H19FN4O2/c18-13-5-1-2-6-14(13)24-17-16(20-7-8-21-17)12-4-3-9-22(10-12)11-15(19)23/h1-2,5-8,12H,3-4,9-11H2,(H2,19,23)/t12-/m1/s1. The van der Waals surface area contributed by atoms with Gasteiger partial charge in [-0.2, -0.15) is 0 Å². The second-order valence-electron chi connectivity index (χ2n) is 5.82. The number of carbonyl (C=O) groups is 1. The first-order chi connectivity index (χ1) is 11.6. The molecule has 126 valence electrons. The summed E-state index contributed by atoms with van der Waals surface area (Å²) in [6.07, 6.45) is 4.94. The van der Waals surface area contributed by atoms with Gasteiger partial charge in [0.15, 0.2) is 11.6 Å². The fraction of sp³-hybridized carbons (Fsp3) is 0.353. The Kier molecular flexibility index (Phi) is 5.00. The van der Waals surface area contributed by atoms with Crippen LogP contribution in [0.5, 0.6) is 11.6 Å². The molecule has 1 aliphatic heterocycles. The number of aromatic nitrogens is 2. The zero-order valence-electron chi connectivity index (χ0n) is 13.2. The smallest absolute Gasteiger partial charge is 0.241 e. The number of nitrogens with two attached hydrogens (primary N) is 1. The fourth-order valence-corrected chi connectivity index (χ4v) is 2.97. The van der Waals surface area contributed by atoms with E-state index in [4.69, 9.17) is 10.5 Å². The van der Waals surface area contributed by atoms with E-state index in [0.717, 1.165) is 19.4 Å². The SMILES string of the molecule is NC(=O)CN1CCC[C@@H](c2nccnc2Oc2ccccc2F)C1. The summed E-state index contributed by atoms with van der Waals surface area (Å²) >= 11 is 0. The number of likely N-dealkylation sites (tertiary alicyclic amines) is 1. The van der Waals surface area contributed by atoms with Crippen LogP contribution in [0.2, 0.25) is 0 Å². The van der Waals surface area contributed by atoms with Crippen LogP contribution < -0.4 is 10.5 Å². The first-order valence-electron chi connectivity index (χ1n) is 7.87. The average Bonchev–Trinajstić information content (AvgIpc) is 2.57. The van der Waals surface area contributed by atoms with Crippen LogP contribution in [0.15, 0.2) is 36.7 Å². The molecule has 0 unspecified atom stereocenters. The van der Waals surface area contributed by atoms with Gasteiger partial charge in [0.05, 0.1) is 6.54 Å². The molecule has 1 amide bonds. The number of halogens is 1. The highest BCUT2D eigenvalue weighted by Gasteiger charge is 2.26. The average molecular weight is 330 g/mol. The lowest BCUT2D eigenvalue weighted by atomic mass is 9.94. The summed E-state index contributed by atoms with van der Waals surface area (Å²) < 4.78 is 19.5. The summed E-state index contributed by atoms with van der Waals surface area (Å²) in [5.74, 6) is -0.322. The van der Waals surface area contributed by atoms with Crippen LogP contribution in [0.25, 0.3) is 0 Å². The van der Waals surface area contributed by atoms with Crippen LogP contribution in [0.1, 0.15) is 24.5 Å². The van der Waals surface area contributed by atoms with E-state index in [9.17, 15) is 9.18 Å². The lowest BCUT2D eigenvalue weighted by molar-refractivity contribution is -0.119. The number of piperidine rings is 1. The van der Waals surface area contributed by atoms with Crippen molar-refractivity contribution in [3.8, 4) is 11.6 Å². The van der Waals surface area contributed by atoms with E-state index in [0.29, 0.717) is 18.1 Å². The Morgan fingerprint density at radius 2 is 2.12 bits per heavy atom. The van der Waals surface area contributed by atoms with E-state index in [1.54, 1.807) is 24.4 Å². The van der Waals surface area contributed by atoms with Crippen molar-refractivity contribution in [1.29, 1.82) is 0 Å². The van der Waals surface area contributed by atoms with Gasteiger partial charge in [-0.25, -0.2) is 9.37 Å². The maximum atomic E-state index is 13.8. The molecule has 0 radical (unpaired) electrons. The Morgan fingerprint density at radius 3 is 2.92 bits per heavy atom. The topological polar surface area (TPSA) is 81.3 Å². The second kappa shape index (κ2) is 7.35. The summed E-state index contributed by atoms with van der Waals surface area (Å²) in [6, 6.07) is 6.18. The van der Waals surface area contributed by atoms with E-state index in [1.165, 1.54) is 12.3 Å². The number of para-hydroxylation sites is 1. The minimum absolute atomic E-state index is 0.0635. The number of nitrogens with zero attached hydrogens (tertiary/aromatic N) is 3. The quantitative estimate of drug-likeness (QED) is 0.907. The molecule has 7 heteroatoms. The van der Waals surface area contributed by atoms with Crippen LogP contribution >= 0.6 is 0 Å². The molecule has 1 saturated heterocycles. The number of hydrogen-bond acceptors (Lipinski definition) is 5. The first-order valence-corrected chi connectivity index (χ1v) is 7.87. The highest BCUT2D eigenvalue weighted by atomic mass is 19.1. The van der Waals surface area contributed by atoms with Crippen LogP contribution in [-0.2, 0) is 4.79 Å². The third-order valence-corrected chi connectivity index (χ3v) is 4.01. The summed E-state index contributed by atoms with van der Waals surface area (Å²) in [4.78, 5) is 21.7. The number of carbonyl (C=O) groups excluding carboxylic acids is 1. The van der Waals surface area contributed by atoms with Gasteiger partial charge in [0.2, 0.25) is 11.8 Å². The zero-order valence-corrected chi connectivity index (χ0v) is 13.2. The fourth-order valence-electron chi connectivity index (χ4n) is 2.97. The molecule has 1 aliphatic rings. The van der Waals surface area contributed by atoms with Crippen molar-refractivity contribution in [2.24, 2.45) is 5.73 Å². The molecule has 0 spiro atoms. The summed E-state index contributed by atoms with van der Waals surface area (Å²) in [5, 5.41) is 0. The van der Waals surface area contributed by atoms with Crippen molar-refractivity contribution in [3.63, 3.8) is 0 Å². The molecule has 2 aromatic rings. The van der Waals surface area contributed by atoms with Gasteiger partial charge in [-0.1, -0.05) is 12.1 Å². The normalized spacial score (nSPS) is 18.3. The zero-order chi connectivity index (χ0) is 16.9. The minimum atomic E-state index is -0.451.